The third-order valence-corrected chi connectivity index (χ3v) is 7.16. The van der Waals surface area contributed by atoms with Crippen LogP contribution in [-0.4, -0.2) is 15.9 Å². The number of nitrogens with zero attached hydrogens (tertiary/aromatic N) is 2. The molecule has 1 amide bonds. The van der Waals surface area contributed by atoms with Gasteiger partial charge in [0.1, 0.15) is 11.5 Å². The third-order valence-electron chi connectivity index (χ3n) is 6.35. The van der Waals surface area contributed by atoms with E-state index in [1.807, 2.05) is 66.0 Å². The standard InChI is InChI=1S/C30H23N3O2S/c34-29(18-26-24-5-1-3-7-27(24)35-28-8-4-2-6-25(26)28)33-30-32-23(19-36-30)17-20-9-11-21(12-10-20)22-13-15-31-16-14-22/h1-16,19,26H,17-18H2,(H,32,33,34). The SMILES string of the molecule is O=C(CC1c2ccccc2Oc2ccccc21)Nc1nc(Cc2ccc(-c3ccncc3)cc2)cs1. The molecular weight excluding hydrogens is 466 g/mol. The van der Waals surface area contributed by atoms with E-state index in [4.69, 9.17) is 4.74 Å². The second-order valence-corrected chi connectivity index (χ2v) is 9.59. The van der Waals surface area contributed by atoms with Crippen LogP contribution in [0.4, 0.5) is 5.13 Å². The molecule has 0 saturated heterocycles. The maximum atomic E-state index is 13.1. The summed E-state index contributed by atoms with van der Waals surface area (Å²) in [5, 5.41) is 5.64. The molecule has 176 valence electrons. The Labute approximate surface area is 213 Å². The van der Waals surface area contributed by atoms with Gasteiger partial charge in [0.05, 0.1) is 5.69 Å². The maximum absolute atomic E-state index is 13.1. The Balaban J connectivity index is 1.13. The maximum Gasteiger partial charge on any atom is 0.227 e. The van der Waals surface area contributed by atoms with Gasteiger partial charge < -0.3 is 10.1 Å². The highest BCUT2D eigenvalue weighted by molar-refractivity contribution is 7.13. The number of anilines is 1. The molecule has 0 radical (unpaired) electrons. The minimum atomic E-state index is -0.0653. The number of hydrogen-bond donors (Lipinski definition) is 1. The number of ether oxygens (including phenoxy) is 1. The quantitative estimate of drug-likeness (QED) is 0.277. The predicted octanol–water partition coefficient (Wildman–Crippen LogP) is 7.06. The highest BCUT2D eigenvalue weighted by atomic mass is 32.1. The second-order valence-electron chi connectivity index (χ2n) is 8.74. The van der Waals surface area contributed by atoms with E-state index in [-0.39, 0.29) is 11.8 Å². The Morgan fingerprint density at radius 2 is 1.47 bits per heavy atom. The van der Waals surface area contributed by atoms with Crippen molar-refractivity contribution in [2.75, 3.05) is 5.32 Å². The molecule has 6 heteroatoms. The van der Waals surface area contributed by atoms with Crippen molar-refractivity contribution in [3.63, 3.8) is 0 Å². The first kappa shape index (κ1) is 22.2. The van der Waals surface area contributed by atoms with Crippen molar-refractivity contribution in [3.05, 3.63) is 125 Å². The fraction of sp³-hybridized carbons (Fsp3) is 0.100. The molecule has 0 bridgehead atoms. The van der Waals surface area contributed by atoms with Crippen molar-refractivity contribution in [2.24, 2.45) is 0 Å². The molecule has 5 nitrogen and oxygen atoms in total. The molecule has 0 aliphatic carbocycles. The van der Waals surface area contributed by atoms with Gasteiger partial charge in [-0.1, -0.05) is 60.7 Å². The Bertz CT molecular complexity index is 1470. The average Bonchev–Trinajstić information content (AvgIpc) is 3.35. The number of nitrogens with one attached hydrogen (secondary N) is 1. The lowest BCUT2D eigenvalue weighted by Gasteiger charge is -2.27. The van der Waals surface area contributed by atoms with E-state index in [2.05, 4.69) is 39.6 Å². The summed E-state index contributed by atoms with van der Waals surface area (Å²) in [4.78, 5) is 21.8. The van der Waals surface area contributed by atoms with Crippen LogP contribution in [0.25, 0.3) is 11.1 Å². The first-order valence-electron chi connectivity index (χ1n) is 11.8. The van der Waals surface area contributed by atoms with E-state index in [1.165, 1.54) is 16.9 Å². The highest BCUT2D eigenvalue weighted by Gasteiger charge is 2.28. The van der Waals surface area contributed by atoms with Crippen molar-refractivity contribution >= 4 is 22.4 Å². The van der Waals surface area contributed by atoms with E-state index in [0.717, 1.165) is 39.4 Å². The molecule has 3 heterocycles. The van der Waals surface area contributed by atoms with E-state index in [1.54, 1.807) is 12.4 Å². The number of rotatable bonds is 6. The zero-order valence-corrected chi connectivity index (χ0v) is 20.2. The minimum absolute atomic E-state index is 0.0610. The molecule has 0 unspecified atom stereocenters. The summed E-state index contributed by atoms with van der Waals surface area (Å²) in [5.74, 6) is 1.49. The Hall–Kier alpha value is -4.29. The molecule has 1 aliphatic rings. The van der Waals surface area contributed by atoms with E-state index in [9.17, 15) is 4.79 Å². The van der Waals surface area contributed by atoms with Gasteiger partial charge in [-0.05, 0) is 41.0 Å². The topological polar surface area (TPSA) is 64.1 Å². The van der Waals surface area contributed by atoms with Crippen molar-refractivity contribution in [2.45, 2.75) is 18.8 Å². The molecule has 0 saturated carbocycles. The lowest BCUT2D eigenvalue weighted by atomic mass is 9.85. The molecular formula is C30H23N3O2S. The van der Waals surface area contributed by atoms with Crippen LogP contribution in [0.3, 0.4) is 0 Å². The summed E-state index contributed by atoms with van der Waals surface area (Å²) >= 11 is 1.46. The van der Waals surface area contributed by atoms with Gasteiger partial charge in [-0.15, -0.1) is 11.3 Å². The molecule has 0 spiro atoms. The largest absolute Gasteiger partial charge is 0.457 e. The van der Waals surface area contributed by atoms with Crippen molar-refractivity contribution < 1.29 is 9.53 Å². The fourth-order valence-electron chi connectivity index (χ4n) is 4.60. The molecule has 0 atom stereocenters. The molecule has 1 aliphatic heterocycles. The van der Waals surface area contributed by atoms with Crippen LogP contribution in [0.5, 0.6) is 11.5 Å². The smallest absolute Gasteiger partial charge is 0.227 e. The van der Waals surface area contributed by atoms with Gasteiger partial charge in [0.25, 0.3) is 0 Å². The van der Waals surface area contributed by atoms with Crippen molar-refractivity contribution in [1.29, 1.82) is 0 Å². The van der Waals surface area contributed by atoms with Crippen LogP contribution in [0.2, 0.25) is 0 Å². The summed E-state index contributed by atoms with van der Waals surface area (Å²) in [6.07, 6.45) is 4.63. The van der Waals surface area contributed by atoms with Crippen LogP contribution >= 0.6 is 11.3 Å². The number of aromatic nitrogens is 2. The predicted molar refractivity (Wildman–Crippen MR) is 143 cm³/mol. The fourth-order valence-corrected chi connectivity index (χ4v) is 5.32. The third kappa shape index (κ3) is 4.63. The number of fused-ring (bicyclic) bond motifs is 2. The van der Waals surface area contributed by atoms with Gasteiger partial charge in [0.15, 0.2) is 5.13 Å². The van der Waals surface area contributed by atoms with Gasteiger partial charge in [-0.3, -0.25) is 9.78 Å². The van der Waals surface area contributed by atoms with Gasteiger partial charge >= 0.3 is 0 Å². The number of amides is 1. The van der Waals surface area contributed by atoms with Crippen molar-refractivity contribution in [3.8, 4) is 22.6 Å². The van der Waals surface area contributed by atoms with E-state index in [0.29, 0.717) is 18.0 Å². The first-order chi connectivity index (χ1) is 17.7. The summed E-state index contributed by atoms with van der Waals surface area (Å²) in [7, 11) is 0. The van der Waals surface area contributed by atoms with Gasteiger partial charge in [-0.2, -0.15) is 0 Å². The van der Waals surface area contributed by atoms with Gasteiger partial charge in [0.2, 0.25) is 5.91 Å². The highest BCUT2D eigenvalue weighted by Crippen LogP contribution is 2.45. The number of benzene rings is 3. The average molecular weight is 490 g/mol. The van der Waals surface area contributed by atoms with E-state index < -0.39 is 0 Å². The van der Waals surface area contributed by atoms with Gasteiger partial charge in [-0.25, -0.2) is 4.98 Å². The molecule has 36 heavy (non-hydrogen) atoms. The second kappa shape index (κ2) is 9.76. The molecule has 0 fully saturated rings. The normalized spacial score (nSPS) is 12.3. The summed E-state index contributed by atoms with van der Waals surface area (Å²) in [5.41, 5.74) is 6.47. The Kier molecular flexibility index (Phi) is 6.01. The van der Waals surface area contributed by atoms with Crippen LogP contribution in [0, 0.1) is 0 Å². The van der Waals surface area contributed by atoms with E-state index >= 15 is 0 Å². The van der Waals surface area contributed by atoms with Crippen molar-refractivity contribution in [1.82, 2.24) is 9.97 Å². The number of pyridine rings is 1. The Morgan fingerprint density at radius 3 is 2.17 bits per heavy atom. The molecule has 3 aromatic carbocycles. The summed E-state index contributed by atoms with van der Waals surface area (Å²) < 4.78 is 6.06. The van der Waals surface area contributed by atoms with Crippen LogP contribution in [-0.2, 0) is 11.2 Å². The van der Waals surface area contributed by atoms with Crippen LogP contribution < -0.4 is 10.1 Å². The Morgan fingerprint density at radius 1 is 0.833 bits per heavy atom. The lowest BCUT2D eigenvalue weighted by Crippen LogP contribution is -2.19. The number of hydrogen-bond acceptors (Lipinski definition) is 5. The monoisotopic (exact) mass is 489 g/mol. The molecule has 1 N–H and O–H groups in total. The zero-order chi connectivity index (χ0) is 24.3. The lowest BCUT2D eigenvalue weighted by molar-refractivity contribution is -0.116. The number of thiazole rings is 1. The molecule has 6 rings (SSSR count). The first-order valence-corrected chi connectivity index (χ1v) is 12.7. The van der Waals surface area contributed by atoms with Gasteiger partial charge in [0, 0.05) is 47.7 Å². The zero-order valence-electron chi connectivity index (χ0n) is 19.4. The number of carbonyl (C=O) groups excluding carboxylic acids is 1. The van der Waals surface area contributed by atoms with Crippen LogP contribution in [0.15, 0.2) is 103 Å². The minimum Gasteiger partial charge on any atom is -0.457 e. The number of carbonyl (C=O) groups is 1. The van der Waals surface area contributed by atoms with Crippen LogP contribution in [0.1, 0.15) is 34.7 Å². The molecule has 5 aromatic rings. The summed E-state index contributed by atoms with van der Waals surface area (Å²) in [6.45, 7) is 0. The summed E-state index contributed by atoms with van der Waals surface area (Å²) in [6, 6.07) is 28.3. The number of para-hydroxylation sites is 2. The molecule has 2 aromatic heterocycles.